The van der Waals surface area contributed by atoms with Gasteiger partial charge >= 0.3 is 18.1 Å². The van der Waals surface area contributed by atoms with Crippen LogP contribution in [0.15, 0.2) is 47.4 Å². The fraction of sp³-hybridized carbons (Fsp3) is 0.167. The van der Waals surface area contributed by atoms with Crippen molar-refractivity contribution in [1.82, 2.24) is 5.32 Å². The van der Waals surface area contributed by atoms with Gasteiger partial charge in [0, 0.05) is 5.56 Å². The molecule has 2 aromatic rings. The minimum absolute atomic E-state index is 0.126. The number of halogens is 4. The molecule has 0 fully saturated rings. The van der Waals surface area contributed by atoms with Crippen LogP contribution in [0.3, 0.4) is 0 Å². The number of aliphatic carboxylic acids is 2. The van der Waals surface area contributed by atoms with Gasteiger partial charge in [0.1, 0.15) is 11.9 Å². The number of carbonyl (C=O) groups is 3. The second kappa shape index (κ2) is 9.21. The van der Waals surface area contributed by atoms with Crippen LogP contribution in [-0.4, -0.2) is 42.5 Å². The van der Waals surface area contributed by atoms with Crippen molar-refractivity contribution in [2.24, 2.45) is 0 Å². The van der Waals surface area contributed by atoms with Crippen molar-refractivity contribution >= 4 is 33.6 Å². The molecule has 0 heterocycles. The number of hydrogen-bond acceptors (Lipinski definition) is 5. The van der Waals surface area contributed by atoms with Crippen LogP contribution in [-0.2, 0) is 25.8 Å². The molecule has 0 saturated heterocycles. The fourth-order valence-corrected chi connectivity index (χ4v) is 3.53. The number of carbonyl (C=O) groups excluding carboxylic acids is 1. The first-order valence-electron chi connectivity index (χ1n) is 8.46. The van der Waals surface area contributed by atoms with Gasteiger partial charge in [-0.05, 0) is 42.5 Å². The summed E-state index contributed by atoms with van der Waals surface area (Å²) in [6.07, 6.45) is -5.95. The third-order valence-electron chi connectivity index (χ3n) is 3.94. The van der Waals surface area contributed by atoms with Crippen molar-refractivity contribution in [3.63, 3.8) is 0 Å². The summed E-state index contributed by atoms with van der Waals surface area (Å²) < 4.78 is 78.9. The molecule has 32 heavy (non-hydrogen) atoms. The van der Waals surface area contributed by atoms with Crippen molar-refractivity contribution in [3.05, 3.63) is 59.4 Å². The van der Waals surface area contributed by atoms with Crippen LogP contribution in [0.1, 0.15) is 22.3 Å². The maximum atomic E-state index is 13.2. The number of anilines is 1. The number of nitrogens with one attached hydrogen (secondary N) is 2. The van der Waals surface area contributed by atoms with Crippen LogP contribution in [0, 0.1) is 5.82 Å². The Hall–Kier alpha value is -3.68. The van der Waals surface area contributed by atoms with Gasteiger partial charge in [-0.1, -0.05) is 0 Å². The first-order valence-corrected chi connectivity index (χ1v) is 9.94. The topological polar surface area (TPSA) is 150 Å². The molecule has 172 valence electrons. The number of hydrogen-bond donors (Lipinski definition) is 4. The van der Waals surface area contributed by atoms with E-state index >= 15 is 0 Å². The Morgan fingerprint density at radius 1 is 1.00 bits per heavy atom. The molecule has 0 aromatic heterocycles. The van der Waals surface area contributed by atoms with E-state index in [4.69, 9.17) is 10.2 Å². The molecule has 9 nitrogen and oxygen atoms in total. The second-order valence-corrected chi connectivity index (χ2v) is 7.96. The molecule has 0 radical (unpaired) electrons. The number of carboxylic acid groups (broad SMARTS) is 2. The highest BCUT2D eigenvalue weighted by atomic mass is 32.2. The van der Waals surface area contributed by atoms with E-state index in [1.165, 1.54) is 0 Å². The molecule has 0 aliphatic heterocycles. The zero-order valence-corrected chi connectivity index (χ0v) is 16.5. The standard InChI is InChI=1S/C18H14F4N2O7S/c19-10-3-6-13(12(7-10)18(20,21)22)24-32(30,31)11-4-1-9(2-5-11)16(27)23-14(17(28)29)8-15(25)26/h1-7,14,24H,8H2,(H,23,27)(H,25,26)(H,28,29). The molecule has 1 amide bonds. The van der Waals surface area contributed by atoms with Crippen LogP contribution in [0.2, 0.25) is 0 Å². The van der Waals surface area contributed by atoms with E-state index in [9.17, 15) is 40.4 Å². The third-order valence-corrected chi connectivity index (χ3v) is 5.32. The summed E-state index contributed by atoms with van der Waals surface area (Å²) in [7, 11) is -4.58. The highest BCUT2D eigenvalue weighted by Gasteiger charge is 2.35. The maximum absolute atomic E-state index is 13.2. The summed E-state index contributed by atoms with van der Waals surface area (Å²) in [5.41, 5.74) is -2.70. The molecule has 2 rings (SSSR count). The van der Waals surface area contributed by atoms with Gasteiger partial charge in [0.05, 0.1) is 22.6 Å². The lowest BCUT2D eigenvalue weighted by Crippen LogP contribution is -2.42. The smallest absolute Gasteiger partial charge is 0.418 e. The Balaban J connectivity index is 2.25. The van der Waals surface area contributed by atoms with Crippen LogP contribution >= 0.6 is 0 Å². The minimum atomic E-state index is -5.04. The van der Waals surface area contributed by atoms with Crippen molar-refractivity contribution in [2.45, 2.75) is 23.5 Å². The molecule has 1 unspecified atom stereocenters. The van der Waals surface area contributed by atoms with Gasteiger partial charge in [-0.2, -0.15) is 13.2 Å². The third kappa shape index (κ3) is 6.16. The predicted molar refractivity (Wildman–Crippen MR) is 99.8 cm³/mol. The average Bonchev–Trinajstić information content (AvgIpc) is 2.67. The van der Waals surface area contributed by atoms with Gasteiger partial charge in [-0.3, -0.25) is 14.3 Å². The Labute approximate surface area is 177 Å². The summed E-state index contributed by atoms with van der Waals surface area (Å²) in [5.74, 6) is -5.33. The number of benzene rings is 2. The van der Waals surface area contributed by atoms with Crippen molar-refractivity contribution in [1.29, 1.82) is 0 Å². The Bertz CT molecular complexity index is 1150. The van der Waals surface area contributed by atoms with Gasteiger partial charge in [-0.15, -0.1) is 0 Å². The van der Waals surface area contributed by atoms with Crippen molar-refractivity contribution in [3.8, 4) is 0 Å². The molecule has 2 aromatic carbocycles. The summed E-state index contributed by atoms with van der Waals surface area (Å²) >= 11 is 0. The summed E-state index contributed by atoms with van der Waals surface area (Å²) in [4.78, 5) is 33.2. The summed E-state index contributed by atoms with van der Waals surface area (Å²) in [6.45, 7) is 0. The molecule has 14 heteroatoms. The fourth-order valence-electron chi connectivity index (χ4n) is 2.45. The van der Waals surface area contributed by atoms with E-state index in [-0.39, 0.29) is 11.6 Å². The molecule has 0 saturated carbocycles. The van der Waals surface area contributed by atoms with E-state index in [1.54, 1.807) is 4.72 Å². The number of sulfonamides is 1. The van der Waals surface area contributed by atoms with E-state index in [2.05, 4.69) is 0 Å². The Morgan fingerprint density at radius 3 is 2.09 bits per heavy atom. The molecule has 1 atom stereocenters. The van der Waals surface area contributed by atoms with E-state index in [1.807, 2.05) is 5.32 Å². The molecule has 4 N–H and O–H groups in total. The Kier molecular flexibility index (Phi) is 7.08. The van der Waals surface area contributed by atoms with Crippen LogP contribution < -0.4 is 10.0 Å². The zero-order valence-electron chi connectivity index (χ0n) is 15.7. The first-order chi connectivity index (χ1) is 14.7. The normalized spacial score (nSPS) is 12.6. The molecule has 0 spiro atoms. The molecular weight excluding hydrogens is 464 g/mol. The SMILES string of the molecule is O=C(O)CC(NC(=O)c1ccc(S(=O)(=O)Nc2ccc(F)cc2C(F)(F)F)cc1)C(=O)O. The van der Waals surface area contributed by atoms with Crippen molar-refractivity contribution < 1.29 is 50.6 Å². The van der Waals surface area contributed by atoms with Crippen LogP contribution in [0.5, 0.6) is 0 Å². The van der Waals surface area contributed by atoms with E-state index in [0.717, 1.165) is 24.3 Å². The second-order valence-electron chi connectivity index (χ2n) is 6.28. The van der Waals surface area contributed by atoms with E-state index in [0.29, 0.717) is 12.1 Å². The summed E-state index contributed by atoms with van der Waals surface area (Å²) in [6, 6.07) is 3.23. The first kappa shape index (κ1) is 24.6. The lowest BCUT2D eigenvalue weighted by Gasteiger charge is -2.15. The van der Waals surface area contributed by atoms with Gasteiger partial charge in [-0.25, -0.2) is 17.6 Å². The largest absolute Gasteiger partial charge is 0.481 e. The molecule has 0 aliphatic carbocycles. The minimum Gasteiger partial charge on any atom is -0.481 e. The molecule has 0 bridgehead atoms. The number of alkyl halides is 3. The van der Waals surface area contributed by atoms with Gasteiger partial charge in [0.2, 0.25) is 0 Å². The number of amides is 1. The number of carboxylic acids is 2. The zero-order chi connectivity index (χ0) is 24.3. The van der Waals surface area contributed by atoms with Crippen LogP contribution in [0.25, 0.3) is 0 Å². The highest BCUT2D eigenvalue weighted by molar-refractivity contribution is 7.92. The quantitative estimate of drug-likeness (QED) is 0.425. The lowest BCUT2D eigenvalue weighted by atomic mass is 10.1. The number of rotatable bonds is 8. The molecular formula is C18H14F4N2O7S. The monoisotopic (exact) mass is 478 g/mol. The Morgan fingerprint density at radius 2 is 1.59 bits per heavy atom. The lowest BCUT2D eigenvalue weighted by molar-refractivity contribution is -0.145. The predicted octanol–water partition coefficient (Wildman–Crippen LogP) is 2.30. The maximum Gasteiger partial charge on any atom is 0.418 e. The van der Waals surface area contributed by atoms with E-state index < -0.39 is 68.5 Å². The van der Waals surface area contributed by atoms with Crippen molar-refractivity contribution in [2.75, 3.05) is 4.72 Å². The molecule has 0 aliphatic rings. The van der Waals surface area contributed by atoms with Crippen LogP contribution in [0.4, 0.5) is 23.2 Å². The summed E-state index contributed by atoms with van der Waals surface area (Å²) in [5, 5.41) is 19.6. The van der Waals surface area contributed by atoms with Gasteiger partial charge in [0.25, 0.3) is 15.9 Å². The average molecular weight is 478 g/mol. The highest BCUT2D eigenvalue weighted by Crippen LogP contribution is 2.36. The van der Waals surface area contributed by atoms with Gasteiger partial charge < -0.3 is 15.5 Å². The van der Waals surface area contributed by atoms with Gasteiger partial charge in [0.15, 0.2) is 0 Å².